The van der Waals surface area contributed by atoms with Gasteiger partial charge in [0.2, 0.25) is 5.88 Å². The van der Waals surface area contributed by atoms with E-state index in [-0.39, 0.29) is 17.8 Å². The molecule has 0 saturated carbocycles. The molecule has 0 N–H and O–H groups in total. The van der Waals surface area contributed by atoms with Crippen LogP contribution in [0.3, 0.4) is 0 Å². The molecule has 4 nitrogen and oxygen atoms in total. The Hall–Kier alpha value is -1.84. The number of hydrogen-bond donors (Lipinski definition) is 0. The van der Waals surface area contributed by atoms with Crippen LogP contribution < -0.4 is 4.74 Å². The van der Waals surface area contributed by atoms with Crippen molar-refractivity contribution in [3.8, 4) is 5.88 Å². The van der Waals surface area contributed by atoms with Gasteiger partial charge >= 0.3 is 5.97 Å². The Morgan fingerprint density at radius 1 is 1.42 bits per heavy atom. The lowest BCUT2D eigenvalue weighted by atomic mass is 9.95. The van der Waals surface area contributed by atoms with Crippen LogP contribution in [0, 0.1) is 11.8 Å². The maximum atomic E-state index is 11.8. The van der Waals surface area contributed by atoms with E-state index in [2.05, 4.69) is 4.98 Å². The Balaban J connectivity index is 2.77. The minimum absolute atomic E-state index is 0.185. The molecule has 0 fully saturated rings. The number of esters is 1. The van der Waals surface area contributed by atoms with Crippen molar-refractivity contribution in [3.05, 3.63) is 30.0 Å². The van der Waals surface area contributed by atoms with Gasteiger partial charge in [0.15, 0.2) is 0 Å². The van der Waals surface area contributed by atoms with Gasteiger partial charge in [0.05, 0.1) is 19.6 Å². The molecular weight excluding hydrogens is 242 g/mol. The first-order valence-corrected chi connectivity index (χ1v) is 6.43. The Bertz CT molecular complexity index is 424. The zero-order chi connectivity index (χ0) is 14.3. The third-order valence-corrected chi connectivity index (χ3v) is 2.74. The van der Waals surface area contributed by atoms with Gasteiger partial charge in [-0.2, -0.15) is 0 Å². The molecule has 1 aromatic rings. The zero-order valence-electron chi connectivity index (χ0n) is 11.9. The second-order valence-corrected chi connectivity index (χ2v) is 4.51. The first-order valence-electron chi connectivity index (χ1n) is 6.43. The van der Waals surface area contributed by atoms with Crippen LogP contribution >= 0.6 is 0 Å². The number of aromatic nitrogens is 1. The first kappa shape index (κ1) is 15.2. The van der Waals surface area contributed by atoms with Gasteiger partial charge < -0.3 is 9.47 Å². The van der Waals surface area contributed by atoms with E-state index >= 15 is 0 Å². The summed E-state index contributed by atoms with van der Waals surface area (Å²) in [5.74, 6) is 0.349. The van der Waals surface area contributed by atoms with Crippen molar-refractivity contribution in [1.29, 1.82) is 0 Å². The molecule has 0 aliphatic heterocycles. The highest BCUT2D eigenvalue weighted by atomic mass is 16.5. The van der Waals surface area contributed by atoms with Crippen LogP contribution in [0.1, 0.15) is 26.3 Å². The van der Waals surface area contributed by atoms with Gasteiger partial charge in [0, 0.05) is 12.3 Å². The van der Waals surface area contributed by atoms with Gasteiger partial charge in [-0.1, -0.05) is 26.0 Å². The molecule has 1 unspecified atom stereocenters. The van der Waals surface area contributed by atoms with Gasteiger partial charge in [-0.05, 0) is 24.5 Å². The fourth-order valence-electron chi connectivity index (χ4n) is 1.64. The summed E-state index contributed by atoms with van der Waals surface area (Å²) in [6.45, 7) is 6.21. The van der Waals surface area contributed by atoms with Crippen molar-refractivity contribution < 1.29 is 14.3 Å². The van der Waals surface area contributed by atoms with Crippen LogP contribution in [0.4, 0.5) is 0 Å². The first-order chi connectivity index (χ1) is 9.08. The van der Waals surface area contributed by atoms with Gasteiger partial charge in [-0.15, -0.1) is 0 Å². The van der Waals surface area contributed by atoms with E-state index in [1.165, 1.54) is 0 Å². The van der Waals surface area contributed by atoms with Crippen molar-refractivity contribution in [2.24, 2.45) is 11.8 Å². The lowest BCUT2D eigenvalue weighted by molar-refractivity contribution is -0.147. The average Bonchev–Trinajstić information content (AvgIpc) is 2.39. The molecule has 0 saturated heterocycles. The van der Waals surface area contributed by atoms with Crippen molar-refractivity contribution in [3.63, 3.8) is 0 Å². The molecular formula is C15H21NO3. The number of nitrogens with zero attached hydrogens (tertiary/aromatic N) is 1. The van der Waals surface area contributed by atoms with E-state index in [4.69, 9.17) is 9.47 Å². The lowest BCUT2D eigenvalue weighted by Gasteiger charge is -2.15. The molecule has 0 aliphatic rings. The third-order valence-electron chi connectivity index (χ3n) is 2.74. The molecule has 4 heteroatoms. The third kappa shape index (κ3) is 4.73. The Kier molecular flexibility index (Phi) is 6.06. The number of hydrogen-bond acceptors (Lipinski definition) is 4. The van der Waals surface area contributed by atoms with E-state index in [0.29, 0.717) is 12.5 Å². The highest BCUT2D eigenvalue weighted by Crippen LogP contribution is 2.17. The summed E-state index contributed by atoms with van der Waals surface area (Å²) < 4.78 is 10.1. The van der Waals surface area contributed by atoms with Crippen LogP contribution in [-0.4, -0.2) is 24.7 Å². The topological polar surface area (TPSA) is 48.4 Å². The number of methoxy groups -OCH3 is 1. The molecule has 0 amide bonds. The SMILES string of the molecule is CCOC(=O)C(/C=C/c1ccc(OC)nc1)C(C)C. The van der Waals surface area contributed by atoms with Crippen molar-refractivity contribution in [1.82, 2.24) is 4.98 Å². The van der Waals surface area contributed by atoms with Gasteiger partial charge in [0.1, 0.15) is 0 Å². The van der Waals surface area contributed by atoms with Crippen molar-refractivity contribution in [2.75, 3.05) is 13.7 Å². The number of rotatable bonds is 6. The van der Waals surface area contributed by atoms with Crippen molar-refractivity contribution >= 4 is 12.0 Å². The van der Waals surface area contributed by atoms with Crippen molar-refractivity contribution in [2.45, 2.75) is 20.8 Å². The minimum atomic E-state index is -0.234. The maximum absolute atomic E-state index is 11.8. The molecule has 1 rings (SSSR count). The summed E-state index contributed by atoms with van der Waals surface area (Å²) in [7, 11) is 1.58. The highest BCUT2D eigenvalue weighted by Gasteiger charge is 2.20. The zero-order valence-corrected chi connectivity index (χ0v) is 11.9. The van der Waals surface area contributed by atoms with Gasteiger partial charge in [0.25, 0.3) is 0 Å². The van der Waals surface area contributed by atoms with Gasteiger partial charge in [-0.25, -0.2) is 4.98 Å². The second kappa shape index (κ2) is 7.56. The molecule has 0 aromatic carbocycles. The smallest absolute Gasteiger partial charge is 0.313 e. The predicted molar refractivity (Wildman–Crippen MR) is 74.8 cm³/mol. The molecule has 104 valence electrons. The fraction of sp³-hybridized carbons (Fsp3) is 0.467. The van der Waals surface area contributed by atoms with Gasteiger partial charge in [-0.3, -0.25) is 4.79 Å². The predicted octanol–water partition coefficient (Wildman–Crippen LogP) is 2.94. The average molecular weight is 263 g/mol. The monoisotopic (exact) mass is 263 g/mol. The summed E-state index contributed by atoms with van der Waals surface area (Å²) in [6.07, 6.45) is 5.46. The number of carbonyl (C=O) groups excluding carboxylic acids is 1. The van der Waals surface area contributed by atoms with Crippen LogP contribution in [0.15, 0.2) is 24.4 Å². The number of pyridine rings is 1. The van der Waals surface area contributed by atoms with Crippen LogP contribution in [0.5, 0.6) is 5.88 Å². The van der Waals surface area contributed by atoms with E-state index < -0.39 is 0 Å². The molecule has 19 heavy (non-hydrogen) atoms. The van der Waals surface area contributed by atoms with E-state index in [1.807, 2.05) is 39.0 Å². The molecule has 1 heterocycles. The van der Waals surface area contributed by atoms with Crippen LogP contribution in [0.2, 0.25) is 0 Å². The summed E-state index contributed by atoms with van der Waals surface area (Å²) in [5.41, 5.74) is 0.927. The molecule has 1 aromatic heterocycles. The minimum Gasteiger partial charge on any atom is -0.481 e. The normalized spacial score (nSPS) is 12.7. The summed E-state index contributed by atoms with van der Waals surface area (Å²) in [4.78, 5) is 15.9. The van der Waals surface area contributed by atoms with Crippen LogP contribution in [-0.2, 0) is 9.53 Å². The lowest BCUT2D eigenvalue weighted by Crippen LogP contribution is -2.20. The van der Waals surface area contributed by atoms with Crippen LogP contribution in [0.25, 0.3) is 6.08 Å². The van der Waals surface area contributed by atoms with E-state index in [0.717, 1.165) is 5.56 Å². The quantitative estimate of drug-likeness (QED) is 0.740. The number of ether oxygens (including phenoxy) is 2. The Morgan fingerprint density at radius 3 is 2.63 bits per heavy atom. The summed E-state index contributed by atoms with van der Waals surface area (Å²) in [6, 6.07) is 3.68. The Morgan fingerprint density at radius 2 is 2.16 bits per heavy atom. The fourth-order valence-corrected chi connectivity index (χ4v) is 1.64. The largest absolute Gasteiger partial charge is 0.481 e. The molecule has 0 radical (unpaired) electrons. The molecule has 1 atom stereocenters. The highest BCUT2D eigenvalue weighted by molar-refractivity contribution is 5.76. The number of carbonyl (C=O) groups is 1. The Labute approximate surface area is 114 Å². The molecule has 0 aliphatic carbocycles. The second-order valence-electron chi connectivity index (χ2n) is 4.51. The maximum Gasteiger partial charge on any atom is 0.313 e. The standard InChI is InChI=1S/C15H21NO3/c1-5-19-15(17)13(11(2)3)8-6-12-7-9-14(18-4)16-10-12/h6-11,13H,5H2,1-4H3/b8-6+. The van der Waals surface area contributed by atoms with E-state index in [9.17, 15) is 4.79 Å². The summed E-state index contributed by atoms with van der Waals surface area (Å²) in [5, 5.41) is 0. The molecule has 0 spiro atoms. The van der Waals surface area contributed by atoms with E-state index in [1.54, 1.807) is 19.4 Å². The summed E-state index contributed by atoms with van der Waals surface area (Å²) >= 11 is 0. The molecule has 0 bridgehead atoms.